The molecule has 0 amide bonds. The standard InChI is InChI=1S/C49H31NO2/c1-3-14-32(15-4-1)33-27-29-47-42(30-33)49(39-20-8-11-24-45(39)51-47)40-21-9-12-25-46(40)52-48-36(19-13-22-41(48)49)34-26-28-38-37-18-7-10-23-43(37)50(44(38)31-34)35-16-5-2-6-17-35/h1-31H. The molecule has 0 fully saturated rings. The van der Waals surface area contributed by atoms with Gasteiger partial charge in [-0.3, -0.25) is 0 Å². The van der Waals surface area contributed by atoms with Gasteiger partial charge < -0.3 is 14.0 Å². The molecule has 0 bridgehead atoms. The van der Waals surface area contributed by atoms with Crippen LogP contribution in [0.1, 0.15) is 22.3 Å². The van der Waals surface area contributed by atoms with Crippen molar-refractivity contribution in [2.45, 2.75) is 5.41 Å². The number of aromatic nitrogens is 1. The predicted octanol–water partition coefficient (Wildman–Crippen LogP) is 12.7. The number of fused-ring (bicyclic) bond motifs is 11. The summed E-state index contributed by atoms with van der Waals surface area (Å²) in [5.41, 5.74) is 11.6. The maximum absolute atomic E-state index is 7.07. The minimum Gasteiger partial charge on any atom is -0.457 e. The Hall–Kier alpha value is -6.84. The Bertz CT molecular complexity index is 2840. The highest BCUT2D eigenvalue weighted by Crippen LogP contribution is 2.63. The van der Waals surface area contributed by atoms with Gasteiger partial charge in [0.25, 0.3) is 0 Å². The lowest BCUT2D eigenvalue weighted by Gasteiger charge is -2.45. The van der Waals surface area contributed by atoms with Crippen molar-refractivity contribution in [2.75, 3.05) is 0 Å². The second kappa shape index (κ2) is 11.1. The third kappa shape index (κ3) is 4.02. The maximum atomic E-state index is 7.07. The average Bonchev–Trinajstić information content (AvgIpc) is 3.55. The van der Waals surface area contributed by atoms with Crippen molar-refractivity contribution in [2.24, 2.45) is 0 Å². The molecule has 1 atom stereocenters. The molecule has 244 valence electrons. The first kappa shape index (κ1) is 28.9. The summed E-state index contributed by atoms with van der Waals surface area (Å²) in [7, 11) is 0. The van der Waals surface area contributed by atoms with E-state index in [-0.39, 0.29) is 0 Å². The number of ether oxygens (including phenoxy) is 2. The monoisotopic (exact) mass is 665 g/mol. The van der Waals surface area contributed by atoms with Gasteiger partial charge in [-0.2, -0.15) is 0 Å². The van der Waals surface area contributed by atoms with Crippen LogP contribution in [-0.2, 0) is 5.41 Å². The molecule has 0 saturated heterocycles. The molecule has 1 aromatic heterocycles. The lowest BCUT2D eigenvalue weighted by Crippen LogP contribution is -2.37. The Morgan fingerprint density at radius 1 is 0.365 bits per heavy atom. The zero-order valence-corrected chi connectivity index (χ0v) is 28.2. The van der Waals surface area contributed by atoms with E-state index in [1.54, 1.807) is 0 Å². The van der Waals surface area contributed by atoms with Crippen molar-refractivity contribution in [3.05, 3.63) is 210 Å². The van der Waals surface area contributed by atoms with Gasteiger partial charge in [0.15, 0.2) is 0 Å². The topological polar surface area (TPSA) is 23.4 Å². The van der Waals surface area contributed by atoms with E-state index in [9.17, 15) is 0 Å². The van der Waals surface area contributed by atoms with Crippen LogP contribution in [0, 0.1) is 0 Å². The van der Waals surface area contributed by atoms with E-state index in [0.717, 1.165) is 78.7 Å². The number of para-hydroxylation sites is 5. The third-order valence-electron chi connectivity index (χ3n) is 10.9. The predicted molar refractivity (Wildman–Crippen MR) is 210 cm³/mol. The normalized spacial score (nSPS) is 15.3. The largest absolute Gasteiger partial charge is 0.457 e. The smallest absolute Gasteiger partial charge is 0.140 e. The molecule has 9 aromatic rings. The molecule has 0 saturated carbocycles. The zero-order chi connectivity index (χ0) is 34.2. The molecule has 11 rings (SSSR count). The van der Waals surface area contributed by atoms with E-state index >= 15 is 0 Å². The van der Waals surface area contributed by atoms with Gasteiger partial charge in [-0.05, 0) is 65.2 Å². The number of rotatable bonds is 3. The van der Waals surface area contributed by atoms with E-state index in [0.29, 0.717) is 0 Å². The molecule has 3 nitrogen and oxygen atoms in total. The summed E-state index contributed by atoms with van der Waals surface area (Å²) in [6, 6.07) is 66.9. The zero-order valence-electron chi connectivity index (χ0n) is 28.2. The summed E-state index contributed by atoms with van der Waals surface area (Å²) >= 11 is 0. The first-order valence-corrected chi connectivity index (χ1v) is 17.8. The fraction of sp³-hybridized carbons (Fsp3) is 0.0204. The Morgan fingerprint density at radius 2 is 0.981 bits per heavy atom. The van der Waals surface area contributed by atoms with Crippen LogP contribution in [-0.4, -0.2) is 4.57 Å². The van der Waals surface area contributed by atoms with Crippen molar-refractivity contribution in [3.8, 4) is 50.9 Å². The molecule has 3 heterocycles. The van der Waals surface area contributed by atoms with Gasteiger partial charge in [0.1, 0.15) is 23.0 Å². The number of benzene rings is 8. The van der Waals surface area contributed by atoms with Crippen LogP contribution in [0.15, 0.2) is 188 Å². The molecule has 0 radical (unpaired) electrons. The van der Waals surface area contributed by atoms with E-state index in [1.807, 2.05) is 0 Å². The van der Waals surface area contributed by atoms with Crippen LogP contribution in [0.25, 0.3) is 49.7 Å². The van der Waals surface area contributed by atoms with Crippen molar-refractivity contribution < 1.29 is 9.47 Å². The molecule has 0 aliphatic carbocycles. The molecule has 2 aliphatic rings. The van der Waals surface area contributed by atoms with E-state index < -0.39 is 5.41 Å². The molecule has 2 aliphatic heterocycles. The van der Waals surface area contributed by atoms with E-state index in [4.69, 9.17) is 9.47 Å². The van der Waals surface area contributed by atoms with Crippen molar-refractivity contribution in [1.29, 1.82) is 0 Å². The molecule has 1 unspecified atom stereocenters. The first-order valence-electron chi connectivity index (χ1n) is 17.8. The molecule has 3 heteroatoms. The van der Waals surface area contributed by atoms with E-state index in [2.05, 4.69) is 193 Å². The lowest BCUT2D eigenvalue weighted by atomic mass is 9.61. The minimum absolute atomic E-state index is 0.696. The number of hydrogen-bond acceptors (Lipinski definition) is 2. The maximum Gasteiger partial charge on any atom is 0.140 e. The highest BCUT2D eigenvalue weighted by Gasteiger charge is 2.51. The summed E-state index contributed by atoms with van der Waals surface area (Å²) < 4.78 is 16.2. The van der Waals surface area contributed by atoms with Gasteiger partial charge in [-0.25, -0.2) is 0 Å². The number of hydrogen-bond donors (Lipinski definition) is 0. The van der Waals surface area contributed by atoms with Crippen molar-refractivity contribution in [1.82, 2.24) is 4.57 Å². The van der Waals surface area contributed by atoms with Crippen LogP contribution < -0.4 is 9.47 Å². The molecule has 8 aromatic carbocycles. The Labute approximate surface area is 301 Å². The summed E-state index contributed by atoms with van der Waals surface area (Å²) in [6.07, 6.45) is 0. The van der Waals surface area contributed by atoms with Crippen molar-refractivity contribution in [3.63, 3.8) is 0 Å². The molecular weight excluding hydrogens is 635 g/mol. The van der Waals surface area contributed by atoms with Crippen LogP contribution in [0.3, 0.4) is 0 Å². The molecular formula is C49H31NO2. The minimum atomic E-state index is -0.696. The van der Waals surface area contributed by atoms with Crippen molar-refractivity contribution >= 4 is 21.8 Å². The van der Waals surface area contributed by atoms with Crippen LogP contribution in [0.4, 0.5) is 0 Å². The van der Waals surface area contributed by atoms with Gasteiger partial charge in [0.2, 0.25) is 0 Å². The molecule has 1 spiro atoms. The van der Waals surface area contributed by atoms with Gasteiger partial charge >= 0.3 is 0 Å². The summed E-state index contributed by atoms with van der Waals surface area (Å²) in [5.74, 6) is 3.40. The molecule has 0 N–H and O–H groups in total. The Kier molecular flexibility index (Phi) is 6.17. The third-order valence-corrected chi connectivity index (χ3v) is 10.9. The van der Waals surface area contributed by atoms with Crippen LogP contribution in [0.5, 0.6) is 23.0 Å². The fourth-order valence-corrected chi connectivity index (χ4v) is 8.71. The first-order chi connectivity index (χ1) is 25.8. The summed E-state index contributed by atoms with van der Waals surface area (Å²) in [5, 5.41) is 2.45. The summed E-state index contributed by atoms with van der Waals surface area (Å²) in [6.45, 7) is 0. The van der Waals surface area contributed by atoms with E-state index in [1.165, 1.54) is 16.3 Å². The van der Waals surface area contributed by atoms with Gasteiger partial charge in [0.05, 0.1) is 16.4 Å². The summed E-state index contributed by atoms with van der Waals surface area (Å²) in [4.78, 5) is 0. The fourth-order valence-electron chi connectivity index (χ4n) is 8.71. The van der Waals surface area contributed by atoms with Gasteiger partial charge in [-0.1, -0.05) is 140 Å². The Morgan fingerprint density at radius 3 is 1.79 bits per heavy atom. The van der Waals surface area contributed by atoms with Crippen LogP contribution in [0.2, 0.25) is 0 Å². The SMILES string of the molecule is c1ccc(-c2ccc3c(c2)C2(c4ccccc4O3)c3ccccc3Oc3c(-c4ccc5c6ccccc6n(-c6ccccc6)c5c4)cccc32)cc1. The van der Waals surface area contributed by atoms with Gasteiger partial charge in [0, 0.05) is 44.3 Å². The van der Waals surface area contributed by atoms with Crippen LogP contribution >= 0.6 is 0 Å². The number of nitrogens with zero attached hydrogens (tertiary/aromatic N) is 1. The Balaban J connectivity index is 1.21. The molecule has 52 heavy (non-hydrogen) atoms. The quantitative estimate of drug-likeness (QED) is 0.187. The second-order valence-corrected chi connectivity index (χ2v) is 13.6. The van der Waals surface area contributed by atoms with Gasteiger partial charge in [-0.15, -0.1) is 0 Å². The highest BCUT2D eigenvalue weighted by atomic mass is 16.5. The highest BCUT2D eigenvalue weighted by molar-refractivity contribution is 6.10. The second-order valence-electron chi connectivity index (χ2n) is 13.6. The average molecular weight is 666 g/mol. The lowest BCUT2D eigenvalue weighted by molar-refractivity contribution is 0.400.